The summed E-state index contributed by atoms with van der Waals surface area (Å²) in [5, 5.41) is 1.44. The van der Waals surface area contributed by atoms with E-state index in [-0.39, 0.29) is 5.34 Å². The highest BCUT2D eigenvalue weighted by molar-refractivity contribution is 6.40. The molecule has 3 rings (SSSR count). The highest BCUT2D eigenvalue weighted by Crippen LogP contribution is 2.31. The molecule has 1 N–H and O–H groups in total. The minimum absolute atomic E-state index is 0.201. The molecule has 20 heavy (non-hydrogen) atoms. The number of rotatable bonds is 4. The molecule has 0 saturated carbocycles. The van der Waals surface area contributed by atoms with Crippen LogP contribution in [-0.4, -0.2) is 51.1 Å². The predicted octanol–water partition coefficient (Wildman–Crippen LogP) is 0.735. The van der Waals surface area contributed by atoms with Crippen molar-refractivity contribution in [2.24, 2.45) is 0 Å². The first-order valence-corrected chi connectivity index (χ1v) is 7.50. The van der Waals surface area contributed by atoms with E-state index >= 15 is 0 Å². The summed E-state index contributed by atoms with van der Waals surface area (Å²) in [4.78, 5) is 5.99. The Bertz CT molecular complexity index is 603. The van der Waals surface area contributed by atoms with Gasteiger partial charge in [-0.1, -0.05) is 6.07 Å². The third kappa shape index (κ3) is 2.35. The molecule has 2 aromatic rings. The van der Waals surface area contributed by atoms with Gasteiger partial charge in [0.25, 0.3) is 0 Å². The van der Waals surface area contributed by atoms with E-state index in [1.54, 1.807) is 7.11 Å². The molecule has 1 aliphatic heterocycles. The smallest absolute Gasteiger partial charge is 0.128 e. The Labute approximate surface area is 122 Å². The number of aromatic amines is 1. The fourth-order valence-electron chi connectivity index (χ4n) is 3.43. The maximum atomic E-state index is 5.53. The summed E-state index contributed by atoms with van der Waals surface area (Å²) < 4.78 is 5.53. The van der Waals surface area contributed by atoms with E-state index < -0.39 is 0 Å². The van der Waals surface area contributed by atoms with E-state index in [2.05, 4.69) is 37.8 Å². The third-order valence-corrected chi connectivity index (χ3v) is 4.55. The predicted molar refractivity (Wildman–Crippen MR) is 89.2 cm³/mol. The van der Waals surface area contributed by atoms with Crippen LogP contribution in [0.25, 0.3) is 10.9 Å². The van der Waals surface area contributed by atoms with Crippen LogP contribution in [0.1, 0.15) is 18.4 Å². The normalized spacial score (nSPS) is 16.9. The van der Waals surface area contributed by atoms with E-state index in [4.69, 9.17) is 4.74 Å². The Morgan fingerprint density at radius 3 is 2.75 bits per heavy atom. The first-order valence-electron chi connectivity index (χ1n) is 7.50. The quantitative estimate of drug-likeness (QED) is 0.828. The molecule has 1 aromatic carbocycles. The summed E-state index contributed by atoms with van der Waals surface area (Å²) >= 11 is 0. The highest BCUT2D eigenvalue weighted by Gasteiger charge is 2.30. The molecule has 1 saturated heterocycles. The number of ether oxygens (including phenoxy) is 1. The summed E-state index contributed by atoms with van der Waals surface area (Å²) in [6, 6.07) is 6.19. The molecule has 0 atom stereocenters. The third-order valence-electron chi connectivity index (χ3n) is 4.55. The number of methoxy groups -OCH3 is 1. The fraction of sp³-hybridized carbons (Fsp3) is 0.467. The molecule has 0 unspecified atom stereocenters. The number of aromatic nitrogens is 1. The van der Waals surface area contributed by atoms with Crippen LogP contribution in [0, 0.1) is 0 Å². The number of hydrogen-bond acceptors (Lipinski definition) is 2. The van der Waals surface area contributed by atoms with Crippen molar-refractivity contribution in [3.63, 3.8) is 0 Å². The molecule has 0 radical (unpaired) electrons. The lowest BCUT2D eigenvalue weighted by Gasteiger charge is -2.36. The Balaban J connectivity index is 1.94. The number of hydrogen-bond donors (Lipinski definition) is 1. The van der Waals surface area contributed by atoms with Gasteiger partial charge in [-0.15, -0.1) is 0 Å². The summed E-state index contributed by atoms with van der Waals surface area (Å²) in [6.45, 7) is 2.46. The van der Waals surface area contributed by atoms with Crippen molar-refractivity contribution in [2.45, 2.75) is 24.6 Å². The molecule has 2 heterocycles. The van der Waals surface area contributed by atoms with Gasteiger partial charge in [-0.3, -0.25) is 0 Å². The van der Waals surface area contributed by atoms with Crippen LogP contribution in [0.5, 0.6) is 5.75 Å². The van der Waals surface area contributed by atoms with Gasteiger partial charge in [0.2, 0.25) is 0 Å². The van der Waals surface area contributed by atoms with Crippen molar-refractivity contribution in [3.8, 4) is 5.75 Å². The molecule has 1 aliphatic rings. The van der Waals surface area contributed by atoms with Gasteiger partial charge in [0.05, 0.1) is 7.11 Å². The Morgan fingerprint density at radius 1 is 1.30 bits per heavy atom. The molecule has 0 spiro atoms. The number of fused-ring (bicyclic) bond motifs is 1. The number of nitrogens with one attached hydrogen (secondary N) is 1. The van der Waals surface area contributed by atoms with Gasteiger partial charge in [-0.25, -0.2) is 0 Å². The van der Waals surface area contributed by atoms with Crippen molar-refractivity contribution in [3.05, 3.63) is 30.0 Å². The average Bonchev–Trinajstić information content (AvgIpc) is 3.08. The van der Waals surface area contributed by atoms with Crippen LogP contribution in [0.2, 0.25) is 0 Å². The van der Waals surface area contributed by atoms with Gasteiger partial charge in [0, 0.05) is 17.1 Å². The average molecular weight is 268 g/mol. The molecule has 0 aliphatic carbocycles. The minimum atomic E-state index is 0.201. The van der Waals surface area contributed by atoms with Crippen LogP contribution in [-0.2, 0) is 6.42 Å². The number of H-pyrrole nitrogens is 1. The molecule has 1 fully saturated rings. The molecular formula is C15H22B2N2O. The van der Waals surface area contributed by atoms with E-state index in [0.29, 0.717) is 0 Å². The maximum Gasteiger partial charge on any atom is 0.128 e. The van der Waals surface area contributed by atoms with Gasteiger partial charge >= 0.3 is 0 Å². The Kier molecular flexibility index (Phi) is 3.55. The van der Waals surface area contributed by atoms with Gasteiger partial charge in [-0.2, -0.15) is 0 Å². The molecule has 104 valence electrons. The monoisotopic (exact) mass is 268 g/mol. The van der Waals surface area contributed by atoms with Crippen LogP contribution in [0.15, 0.2) is 24.4 Å². The van der Waals surface area contributed by atoms with E-state index in [0.717, 1.165) is 17.7 Å². The van der Waals surface area contributed by atoms with Crippen LogP contribution in [0.3, 0.4) is 0 Å². The van der Waals surface area contributed by atoms with Crippen LogP contribution >= 0.6 is 0 Å². The van der Waals surface area contributed by atoms with Crippen LogP contribution in [0.4, 0.5) is 0 Å². The lowest BCUT2D eigenvalue weighted by Crippen LogP contribution is -2.50. The molecule has 1 aromatic heterocycles. The van der Waals surface area contributed by atoms with Gasteiger partial charge in [-0.05, 0) is 55.4 Å². The summed E-state index contributed by atoms with van der Waals surface area (Å²) in [5.74, 6) is 0.968. The SMILES string of the molecule is BC(B)(Cc1c[nH]c2cccc(OC)c12)N1CCCC1. The first-order chi connectivity index (χ1) is 9.62. The van der Waals surface area contributed by atoms with Crippen molar-refractivity contribution in [1.82, 2.24) is 9.88 Å². The van der Waals surface area contributed by atoms with Crippen molar-refractivity contribution >= 4 is 26.6 Å². The van der Waals surface area contributed by atoms with Crippen LogP contribution < -0.4 is 4.74 Å². The second kappa shape index (κ2) is 5.21. The van der Waals surface area contributed by atoms with Gasteiger partial charge in [0.1, 0.15) is 21.4 Å². The molecular weight excluding hydrogens is 246 g/mol. The zero-order chi connectivity index (χ0) is 14.2. The maximum absolute atomic E-state index is 5.53. The summed E-state index contributed by atoms with van der Waals surface area (Å²) in [7, 11) is 6.45. The van der Waals surface area contributed by atoms with E-state index in [9.17, 15) is 0 Å². The van der Waals surface area contributed by atoms with Gasteiger partial charge in [0.15, 0.2) is 0 Å². The van der Waals surface area contributed by atoms with E-state index in [1.165, 1.54) is 36.9 Å². The van der Waals surface area contributed by atoms with Crippen molar-refractivity contribution < 1.29 is 4.74 Å². The molecule has 3 nitrogen and oxygen atoms in total. The number of benzene rings is 1. The zero-order valence-corrected chi connectivity index (χ0v) is 12.7. The second-order valence-corrected chi connectivity index (χ2v) is 6.38. The van der Waals surface area contributed by atoms with E-state index in [1.807, 2.05) is 12.1 Å². The largest absolute Gasteiger partial charge is 0.496 e. The zero-order valence-electron chi connectivity index (χ0n) is 12.7. The first kappa shape index (κ1) is 13.6. The topological polar surface area (TPSA) is 28.3 Å². The van der Waals surface area contributed by atoms with Crippen molar-refractivity contribution in [1.29, 1.82) is 0 Å². The molecule has 0 amide bonds. The van der Waals surface area contributed by atoms with Gasteiger partial charge < -0.3 is 14.6 Å². The summed E-state index contributed by atoms with van der Waals surface area (Å²) in [5.41, 5.74) is 2.52. The van der Waals surface area contributed by atoms with Crippen molar-refractivity contribution in [2.75, 3.05) is 20.2 Å². The Morgan fingerprint density at radius 2 is 2.05 bits per heavy atom. The molecule has 0 bridgehead atoms. The lowest BCUT2D eigenvalue weighted by molar-refractivity contribution is 0.275. The standard InChI is InChI=1S/C15H22B2N2O/c1-20-13-6-4-5-12-14(13)11(10-18-12)9-15(16,17)19-7-2-3-8-19/h4-6,10,18H,2-3,7-9,16-17H2,1H3. The number of nitrogens with zero attached hydrogens (tertiary/aromatic N) is 1. The Hall–Kier alpha value is -1.35. The second-order valence-electron chi connectivity index (χ2n) is 6.38. The fourth-order valence-corrected chi connectivity index (χ4v) is 3.43. The molecule has 5 heteroatoms. The highest BCUT2D eigenvalue weighted by atomic mass is 16.5. The minimum Gasteiger partial charge on any atom is -0.496 e. The number of likely N-dealkylation sites (tertiary alicyclic amines) is 1. The lowest BCUT2D eigenvalue weighted by atomic mass is 9.58. The summed E-state index contributed by atoms with van der Waals surface area (Å²) in [6.07, 6.45) is 5.86.